The van der Waals surface area contributed by atoms with Gasteiger partial charge < -0.3 is 9.84 Å². The van der Waals surface area contributed by atoms with E-state index in [0.717, 1.165) is 10.1 Å². The zero-order valence-electron chi connectivity index (χ0n) is 7.01. The molecule has 0 fully saturated rings. The van der Waals surface area contributed by atoms with E-state index in [2.05, 4.69) is 9.36 Å². The number of ether oxygens (including phenoxy) is 1. The maximum Gasteiger partial charge on any atom is 0.341 e. The van der Waals surface area contributed by atoms with Gasteiger partial charge in [-0.15, -0.1) is 0 Å². The van der Waals surface area contributed by atoms with Gasteiger partial charge >= 0.3 is 5.97 Å². The Bertz CT molecular complexity index is 468. The number of pyridine rings is 1. The van der Waals surface area contributed by atoms with Crippen molar-refractivity contribution in [3.8, 4) is 5.88 Å². The quantitative estimate of drug-likeness (QED) is 0.822. The van der Waals surface area contributed by atoms with Crippen molar-refractivity contribution in [3.63, 3.8) is 0 Å². The molecule has 0 saturated heterocycles. The van der Waals surface area contributed by atoms with Crippen LogP contribution in [0.5, 0.6) is 5.88 Å². The fourth-order valence-electron chi connectivity index (χ4n) is 1.02. The molecular weight excluding hydrogens is 204 g/mol. The summed E-state index contributed by atoms with van der Waals surface area (Å²) in [7, 11) is 0. The van der Waals surface area contributed by atoms with Crippen LogP contribution in [0.2, 0.25) is 0 Å². The van der Waals surface area contributed by atoms with Crippen LogP contribution < -0.4 is 4.74 Å². The van der Waals surface area contributed by atoms with Crippen LogP contribution in [-0.2, 0) is 4.79 Å². The van der Waals surface area contributed by atoms with Gasteiger partial charge in [0, 0.05) is 6.20 Å². The van der Waals surface area contributed by atoms with Crippen LogP contribution in [0, 0.1) is 0 Å². The number of fused-ring (bicyclic) bond motifs is 1. The minimum atomic E-state index is -1.02. The van der Waals surface area contributed by atoms with E-state index < -0.39 is 5.97 Å². The SMILES string of the molecule is O=C(O)COc1nccc2sncc12. The van der Waals surface area contributed by atoms with Gasteiger partial charge in [0.05, 0.1) is 16.3 Å². The number of hydrogen-bond donors (Lipinski definition) is 1. The molecule has 72 valence electrons. The van der Waals surface area contributed by atoms with Gasteiger partial charge in [-0.25, -0.2) is 9.78 Å². The highest BCUT2D eigenvalue weighted by atomic mass is 32.1. The summed E-state index contributed by atoms with van der Waals surface area (Å²) in [6.07, 6.45) is 3.18. The van der Waals surface area contributed by atoms with Crippen molar-refractivity contribution < 1.29 is 14.6 Å². The van der Waals surface area contributed by atoms with E-state index in [1.54, 1.807) is 18.5 Å². The molecule has 5 nitrogen and oxygen atoms in total. The van der Waals surface area contributed by atoms with E-state index in [-0.39, 0.29) is 6.61 Å². The van der Waals surface area contributed by atoms with E-state index in [9.17, 15) is 4.79 Å². The molecule has 14 heavy (non-hydrogen) atoms. The Balaban J connectivity index is 2.32. The Hall–Kier alpha value is -1.69. The summed E-state index contributed by atoms with van der Waals surface area (Å²) >= 11 is 1.32. The first-order chi connectivity index (χ1) is 6.77. The largest absolute Gasteiger partial charge is 0.479 e. The second-order valence-electron chi connectivity index (χ2n) is 2.54. The predicted molar refractivity (Wildman–Crippen MR) is 50.5 cm³/mol. The zero-order valence-corrected chi connectivity index (χ0v) is 7.82. The number of carboxylic acid groups (broad SMARTS) is 1. The first-order valence-corrected chi connectivity index (χ1v) is 4.58. The molecule has 0 aliphatic rings. The van der Waals surface area contributed by atoms with Gasteiger partial charge in [0.25, 0.3) is 0 Å². The number of carboxylic acids is 1. The van der Waals surface area contributed by atoms with Gasteiger partial charge in [-0.3, -0.25) is 0 Å². The molecule has 0 amide bonds. The molecule has 0 aliphatic carbocycles. The first kappa shape index (κ1) is 8.89. The summed E-state index contributed by atoms with van der Waals surface area (Å²) in [6, 6.07) is 1.81. The third kappa shape index (κ3) is 1.64. The van der Waals surface area contributed by atoms with Gasteiger partial charge in [-0.1, -0.05) is 0 Å². The van der Waals surface area contributed by atoms with Crippen LogP contribution in [-0.4, -0.2) is 27.0 Å². The molecule has 0 unspecified atom stereocenters. The standard InChI is InChI=1S/C8H6N2O3S/c11-7(12)4-13-8-5-3-10-14-6(5)1-2-9-8/h1-3H,4H2,(H,11,12). The maximum atomic E-state index is 10.3. The van der Waals surface area contributed by atoms with Crippen molar-refractivity contribution in [1.82, 2.24) is 9.36 Å². The molecule has 0 spiro atoms. The summed E-state index contributed by atoms with van der Waals surface area (Å²) < 4.78 is 9.89. The molecule has 1 N–H and O–H groups in total. The molecule has 6 heteroatoms. The smallest absolute Gasteiger partial charge is 0.341 e. The third-order valence-corrected chi connectivity index (χ3v) is 2.34. The van der Waals surface area contributed by atoms with Gasteiger partial charge in [-0.05, 0) is 17.6 Å². The molecule has 0 bridgehead atoms. The summed E-state index contributed by atoms with van der Waals surface area (Å²) in [5, 5.41) is 9.18. The van der Waals surface area contributed by atoms with Crippen LogP contribution in [0.3, 0.4) is 0 Å². The lowest BCUT2D eigenvalue weighted by molar-refractivity contribution is -0.139. The molecule has 0 radical (unpaired) electrons. The molecule has 2 aromatic heterocycles. The topological polar surface area (TPSA) is 72.3 Å². The van der Waals surface area contributed by atoms with Crippen LogP contribution in [0.25, 0.3) is 10.1 Å². The van der Waals surface area contributed by atoms with Gasteiger partial charge in [0.15, 0.2) is 6.61 Å². The normalized spacial score (nSPS) is 10.3. The Kier molecular flexibility index (Phi) is 2.28. The highest BCUT2D eigenvalue weighted by molar-refractivity contribution is 7.13. The highest BCUT2D eigenvalue weighted by Gasteiger charge is 2.06. The lowest BCUT2D eigenvalue weighted by Gasteiger charge is -2.01. The average Bonchev–Trinajstić information content (AvgIpc) is 2.62. The first-order valence-electron chi connectivity index (χ1n) is 3.81. The Morgan fingerprint density at radius 1 is 1.64 bits per heavy atom. The number of aliphatic carboxylic acids is 1. The van der Waals surface area contributed by atoms with Crippen LogP contribution in [0.1, 0.15) is 0 Å². The van der Waals surface area contributed by atoms with Crippen LogP contribution in [0.4, 0.5) is 0 Å². The summed E-state index contributed by atoms with van der Waals surface area (Å²) in [6.45, 7) is -0.387. The predicted octanol–water partition coefficient (Wildman–Crippen LogP) is 1.15. The van der Waals surface area contributed by atoms with Gasteiger partial charge in [0.2, 0.25) is 5.88 Å². The highest BCUT2D eigenvalue weighted by Crippen LogP contribution is 2.24. The fourth-order valence-corrected chi connectivity index (χ4v) is 1.65. The monoisotopic (exact) mass is 210 g/mol. The molecule has 0 atom stereocenters. The number of aromatic nitrogens is 2. The molecule has 0 aromatic carbocycles. The van der Waals surface area contributed by atoms with Crippen molar-refractivity contribution in [2.45, 2.75) is 0 Å². The molecule has 0 aliphatic heterocycles. The Labute approximate surface area is 83.1 Å². The minimum Gasteiger partial charge on any atom is -0.479 e. The number of hydrogen-bond acceptors (Lipinski definition) is 5. The second kappa shape index (κ2) is 3.59. The molecular formula is C8H6N2O3S. The summed E-state index contributed by atoms with van der Waals surface area (Å²) in [4.78, 5) is 14.2. The number of rotatable bonds is 3. The zero-order chi connectivity index (χ0) is 9.97. The van der Waals surface area contributed by atoms with E-state index in [1.165, 1.54) is 11.5 Å². The van der Waals surface area contributed by atoms with Crippen molar-refractivity contribution in [2.75, 3.05) is 6.61 Å². The third-order valence-electron chi connectivity index (χ3n) is 1.58. The lowest BCUT2D eigenvalue weighted by atomic mass is 10.3. The molecule has 0 saturated carbocycles. The van der Waals surface area contributed by atoms with E-state index in [4.69, 9.17) is 9.84 Å². The number of carbonyl (C=O) groups is 1. The molecule has 2 aromatic rings. The Morgan fingerprint density at radius 3 is 3.29 bits per heavy atom. The van der Waals surface area contributed by atoms with E-state index >= 15 is 0 Å². The maximum absolute atomic E-state index is 10.3. The number of nitrogens with zero attached hydrogens (tertiary/aromatic N) is 2. The van der Waals surface area contributed by atoms with Gasteiger partial charge in [0.1, 0.15) is 0 Å². The summed E-state index contributed by atoms with van der Waals surface area (Å²) in [5.41, 5.74) is 0. The van der Waals surface area contributed by atoms with E-state index in [1.807, 2.05) is 0 Å². The summed E-state index contributed by atoms with van der Waals surface area (Å²) in [5.74, 6) is -0.703. The van der Waals surface area contributed by atoms with Gasteiger partial charge in [-0.2, -0.15) is 4.37 Å². The minimum absolute atomic E-state index is 0.318. The Morgan fingerprint density at radius 2 is 2.50 bits per heavy atom. The van der Waals surface area contributed by atoms with Crippen molar-refractivity contribution >= 4 is 27.6 Å². The van der Waals surface area contributed by atoms with Crippen LogP contribution in [0.15, 0.2) is 18.5 Å². The van der Waals surface area contributed by atoms with E-state index in [0.29, 0.717) is 5.88 Å². The van der Waals surface area contributed by atoms with Crippen molar-refractivity contribution in [3.05, 3.63) is 18.5 Å². The lowest BCUT2D eigenvalue weighted by Crippen LogP contribution is -2.10. The molecule has 2 rings (SSSR count). The fraction of sp³-hybridized carbons (Fsp3) is 0.125. The van der Waals surface area contributed by atoms with Crippen molar-refractivity contribution in [2.24, 2.45) is 0 Å². The van der Waals surface area contributed by atoms with Crippen LogP contribution >= 0.6 is 11.5 Å². The second-order valence-corrected chi connectivity index (χ2v) is 3.37. The van der Waals surface area contributed by atoms with Crippen molar-refractivity contribution in [1.29, 1.82) is 0 Å². The average molecular weight is 210 g/mol. The molecule has 2 heterocycles.